The van der Waals surface area contributed by atoms with Gasteiger partial charge in [0.25, 0.3) is 0 Å². The Morgan fingerprint density at radius 2 is 2.18 bits per heavy atom. The highest BCUT2D eigenvalue weighted by atomic mass is 35.5. The second kappa shape index (κ2) is 5.47. The maximum atomic E-state index is 9.79. The van der Waals surface area contributed by atoms with Crippen molar-refractivity contribution in [3.63, 3.8) is 0 Å². The highest BCUT2D eigenvalue weighted by Gasteiger charge is 2.35. The summed E-state index contributed by atoms with van der Waals surface area (Å²) >= 11 is 11.8. The van der Waals surface area contributed by atoms with Crippen LogP contribution in [0, 0.1) is 5.92 Å². The Kier molecular flexibility index (Phi) is 4.18. The van der Waals surface area contributed by atoms with E-state index in [4.69, 9.17) is 23.2 Å². The number of aromatic hydroxyl groups is 1. The Labute approximate surface area is 112 Å². The Balaban J connectivity index is 1.91. The van der Waals surface area contributed by atoms with Gasteiger partial charge in [0, 0.05) is 23.2 Å². The van der Waals surface area contributed by atoms with Gasteiger partial charge in [0.15, 0.2) is 0 Å². The Morgan fingerprint density at radius 3 is 2.88 bits per heavy atom. The zero-order valence-electron chi connectivity index (χ0n) is 9.84. The minimum absolute atomic E-state index is 0.135. The zero-order chi connectivity index (χ0) is 12.4. The molecule has 2 nitrogen and oxygen atoms in total. The lowest BCUT2D eigenvalue weighted by Crippen LogP contribution is -2.17. The molecule has 94 valence electrons. The van der Waals surface area contributed by atoms with Gasteiger partial charge < -0.3 is 10.4 Å². The smallest absolute Gasteiger partial charge is 0.138 e. The molecule has 0 aliphatic heterocycles. The zero-order valence-corrected chi connectivity index (χ0v) is 11.4. The second-order valence-corrected chi connectivity index (χ2v) is 5.51. The first-order chi connectivity index (χ1) is 8.11. The maximum absolute atomic E-state index is 9.79. The predicted molar refractivity (Wildman–Crippen MR) is 71.8 cm³/mol. The van der Waals surface area contributed by atoms with Crippen molar-refractivity contribution in [3.05, 3.63) is 27.7 Å². The molecule has 2 atom stereocenters. The molecule has 1 aliphatic carbocycles. The molecular weight excluding hydrogens is 257 g/mol. The molecule has 1 saturated carbocycles. The van der Waals surface area contributed by atoms with Crippen molar-refractivity contribution in [2.75, 3.05) is 0 Å². The number of phenolic OH excluding ortho intramolecular Hbond substituents is 1. The van der Waals surface area contributed by atoms with Crippen LogP contribution in [-0.4, -0.2) is 11.1 Å². The average Bonchev–Trinajstić information content (AvgIpc) is 3.00. The van der Waals surface area contributed by atoms with E-state index in [0.717, 1.165) is 11.5 Å². The van der Waals surface area contributed by atoms with Gasteiger partial charge >= 0.3 is 0 Å². The largest absolute Gasteiger partial charge is 0.506 e. The molecule has 0 spiro atoms. The summed E-state index contributed by atoms with van der Waals surface area (Å²) in [7, 11) is 0. The van der Waals surface area contributed by atoms with Gasteiger partial charge in [0.05, 0.1) is 5.02 Å². The molecule has 4 heteroatoms. The molecule has 17 heavy (non-hydrogen) atoms. The van der Waals surface area contributed by atoms with Crippen molar-refractivity contribution in [3.8, 4) is 5.75 Å². The average molecular weight is 274 g/mol. The van der Waals surface area contributed by atoms with Crippen LogP contribution in [0.5, 0.6) is 5.75 Å². The van der Waals surface area contributed by atoms with Crippen LogP contribution in [0.2, 0.25) is 10.0 Å². The van der Waals surface area contributed by atoms with Gasteiger partial charge in [-0.1, -0.05) is 36.5 Å². The Hall–Kier alpha value is -0.440. The van der Waals surface area contributed by atoms with Gasteiger partial charge in [-0.2, -0.15) is 0 Å². The molecule has 2 N–H and O–H groups in total. The molecule has 1 fully saturated rings. The van der Waals surface area contributed by atoms with Crippen LogP contribution in [0.1, 0.15) is 31.7 Å². The van der Waals surface area contributed by atoms with Crippen molar-refractivity contribution in [2.24, 2.45) is 5.92 Å². The van der Waals surface area contributed by atoms with Crippen LogP contribution in [-0.2, 0) is 6.54 Å². The predicted octanol–water partition coefficient (Wildman–Crippen LogP) is 3.98. The van der Waals surface area contributed by atoms with Crippen molar-refractivity contribution in [1.82, 2.24) is 5.32 Å². The first-order valence-electron chi connectivity index (χ1n) is 6.02. The summed E-state index contributed by atoms with van der Waals surface area (Å²) in [4.78, 5) is 0. The fourth-order valence-corrected chi connectivity index (χ4v) is 2.72. The van der Waals surface area contributed by atoms with E-state index in [1.54, 1.807) is 12.1 Å². The third-order valence-corrected chi connectivity index (χ3v) is 3.75. The van der Waals surface area contributed by atoms with E-state index in [1.165, 1.54) is 19.3 Å². The third-order valence-electron chi connectivity index (χ3n) is 3.24. The topological polar surface area (TPSA) is 32.3 Å². The van der Waals surface area contributed by atoms with E-state index < -0.39 is 0 Å². The van der Waals surface area contributed by atoms with Crippen molar-refractivity contribution >= 4 is 23.2 Å². The van der Waals surface area contributed by atoms with E-state index in [2.05, 4.69) is 12.2 Å². The van der Waals surface area contributed by atoms with E-state index >= 15 is 0 Å². The van der Waals surface area contributed by atoms with E-state index in [9.17, 15) is 5.11 Å². The van der Waals surface area contributed by atoms with Crippen molar-refractivity contribution < 1.29 is 5.11 Å². The number of hydrogen-bond acceptors (Lipinski definition) is 2. The molecule has 0 saturated heterocycles. The number of nitrogens with one attached hydrogen (secondary N) is 1. The molecule has 0 bridgehead atoms. The number of phenols is 1. The minimum Gasteiger partial charge on any atom is -0.506 e. The molecule has 1 aromatic rings. The summed E-state index contributed by atoms with van der Waals surface area (Å²) in [6.07, 6.45) is 3.75. The van der Waals surface area contributed by atoms with Crippen LogP contribution in [0.15, 0.2) is 12.1 Å². The van der Waals surface area contributed by atoms with Crippen LogP contribution >= 0.6 is 23.2 Å². The number of benzene rings is 1. The van der Waals surface area contributed by atoms with Gasteiger partial charge in [-0.15, -0.1) is 0 Å². The normalized spacial score (nSPS) is 22.8. The van der Waals surface area contributed by atoms with Gasteiger partial charge in [0.2, 0.25) is 0 Å². The molecule has 2 rings (SSSR count). The highest BCUT2D eigenvalue weighted by Crippen LogP contribution is 2.36. The lowest BCUT2D eigenvalue weighted by Gasteiger charge is -2.08. The lowest BCUT2D eigenvalue weighted by atomic mass is 10.2. The van der Waals surface area contributed by atoms with Crippen LogP contribution < -0.4 is 5.32 Å². The third kappa shape index (κ3) is 3.27. The van der Waals surface area contributed by atoms with Gasteiger partial charge in [0.1, 0.15) is 5.75 Å². The van der Waals surface area contributed by atoms with E-state index in [-0.39, 0.29) is 5.75 Å². The first kappa shape index (κ1) is 13.0. The molecule has 0 aromatic heterocycles. The molecule has 1 aliphatic rings. The Bertz CT molecular complexity index is 409. The molecular formula is C13H17Cl2NO. The highest BCUT2D eigenvalue weighted by molar-refractivity contribution is 6.35. The van der Waals surface area contributed by atoms with Crippen LogP contribution in [0.3, 0.4) is 0 Å². The molecule has 0 amide bonds. The monoisotopic (exact) mass is 273 g/mol. The van der Waals surface area contributed by atoms with Crippen LogP contribution in [0.25, 0.3) is 0 Å². The van der Waals surface area contributed by atoms with Crippen molar-refractivity contribution in [1.29, 1.82) is 0 Å². The molecule has 2 unspecified atom stereocenters. The number of halogens is 2. The standard InChI is InChI=1S/C13H17Cl2NO/c1-2-3-8-5-12(8)16-7-9-4-10(14)6-11(15)13(9)17/h4,6,8,12,16-17H,2-3,5,7H2,1H3. The minimum atomic E-state index is 0.135. The summed E-state index contributed by atoms with van der Waals surface area (Å²) in [5, 5.41) is 14.1. The van der Waals surface area contributed by atoms with Gasteiger partial charge in [-0.25, -0.2) is 0 Å². The summed E-state index contributed by atoms with van der Waals surface area (Å²) in [6.45, 7) is 2.83. The number of rotatable bonds is 5. The maximum Gasteiger partial charge on any atom is 0.138 e. The van der Waals surface area contributed by atoms with Gasteiger partial charge in [-0.05, 0) is 30.9 Å². The molecule has 1 aromatic carbocycles. The van der Waals surface area contributed by atoms with E-state index in [1.807, 2.05) is 0 Å². The van der Waals surface area contributed by atoms with Gasteiger partial charge in [-0.3, -0.25) is 0 Å². The summed E-state index contributed by atoms with van der Waals surface area (Å²) < 4.78 is 0. The van der Waals surface area contributed by atoms with Crippen LogP contribution in [0.4, 0.5) is 0 Å². The Morgan fingerprint density at radius 1 is 1.41 bits per heavy atom. The first-order valence-corrected chi connectivity index (χ1v) is 6.77. The lowest BCUT2D eigenvalue weighted by molar-refractivity contribution is 0.463. The fourth-order valence-electron chi connectivity index (χ4n) is 2.18. The summed E-state index contributed by atoms with van der Waals surface area (Å²) in [5.74, 6) is 0.938. The van der Waals surface area contributed by atoms with Crippen molar-refractivity contribution in [2.45, 2.75) is 38.8 Å². The summed E-state index contributed by atoms with van der Waals surface area (Å²) in [5.41, 5.74) is 0.768. The summed E-state index contributed by atoms with van der Waals surface area (Å²) in [6, 6.07) is 3.90. The van der Waals surface area contributed by atoms with E-state index in [0.29, 0.717) is 22.6 Å². The number of hydrogen-bond donors (Lipinski definition) is 2. The fraction of sp³-hybridized carbons (Fsp3) is 0.538. The SMILES string of the molecule is CCCC1CC1NCc1cc(Cl)cc(Cl)c1O. The quantitative estimate of drug-likeness (QED) is 0.851. The molecule has 0 radical (unpaired) electrons. The molecule has 0 heterocycles. The second-order valence-electron chi connectivity index (χ2n) is 4.67.